The van der Waals surface area contributed by atoms with Gasteiger partial charge in [0.25, 0.3) is 0 Å². The molecule has 196 valence electrons. The number of methoxy groups -OCH3 is 1. The predicted octanol–water partition coefficient (Wildman–Crippen LogP) is 7.34. The zero-order valence-electron chi connectivity index (χ0n) is 20.7. The number of benzene rings is 3. The summed E-state index contributed by atoms with van der Waals surface area (Å²) in [6.45, 7) is 1.98. The van der Waals surface area contributed by atoms with Crippen LogP contribution in [0.3, 0.4) is 0 Å². The van der Waals surface area contributed by atoms with Crippen LogP contribution in [-0.2, 0) is 16.1 Å². The molecule has 4 rings (SSSR count). The molecule has 37 heavy (non-hydrogen) atoms. The predicted molar refractivity (Wildman–Crippen MR) is 130 cm³/mol. The van der Waals surface area contributed by atoms with Crippen molar-refractivity contribution >= 4 is 5.97 Å². The van der Waals surface area contributed by atoms with Crippen molar-refractivity contribution in [3.05, 3.63) is 88.5 Å². The van der Waals surface area contributed by atoms with Crippen LogP contribution in [0.2, 0.25) is 0 Å². The summed E-state index contributed by atoms with van der Waals surface area (Å²) in [5.41, 5.74) is 0.505. The summed E-state index contributed by atoms with van der Waals surface area (Å²) in [5, 5.41) is 0. The molecule has 0 spiro atoms. The number of carbonyl (C=O) groups excluding carboxylic acids is 1. The summed E-state index contributed by atoms with van der Waals surface area (Å²) >= 11 is 0. The topological polar surface area (TPSA) is 44.8 Å². The van der Waals surface area contributed by atoms with Crippen LogP contribution in [-0.4, -0.2) is 25.8 Å². The molecule has 8 heteroatoms. The van der Waals surface area contributed by atoms with Crippen LogP contribution < -0.4 is 4.74 Å². The van der Waals surface area contributed by atoms with Crippen molar-refractivity contribution in [1.29, 1.82) is 0 Å². The fourth-order valence-corrected chi connectivity index (χ4v) is 4.65. The largest absolute Gasteiger partial charge is 0.497 e. The first-order valence-corrected chi connectivity index (χ1v) is 12.2. The number of hydrogen-bond acceptors (Lipinski definition) is 4. The van der Waals surface area contributed by atoms with Gasteiger partial charge in [-0.05, 0) is 67.9 Å². The molecule has 0 N–H and O–H groups in total. The van der Waals surface area contributed by atoms with Crippen molar-refractivity contribution < 1.29 is 36.6 Å². The van der Waals surface area contributed by atoms with E-state index in [1.54, 1.807) is 43.3 Å². The highest BCUT2D eigenvalue weighted by Crippen LogP contribution is 2.38. The molecule has 0 saturated heterocycles. The van der Waals surface area contributed by atoms with E-state index in [-0.39, 0.29) is 29.2 Å². The maximum Gasteiger partial charge on any atom is 0.341 e. The molecule has 3 aromatic rings. The average molecular weight is 517 g/mol. The molecule has 3 aromatic carbocycles. The van der Waals surface area contributed by atoms with E-state index < -0.39 is 40.9 Å². The summed E-state index contributed by atoms with van der Waals surface area (Å²) in [4.78, 5) is 12.5. The van der Waals surface area contributed by atoms with Crippen molar-refractivity contribution in [3.63, 3.8) is 0 Å². The third-order valence-electron chi connectivity index (χ3n) is 6.74. The molecule has 1 aliphatic carbocycles. The molecule has 0 aromatic heterocycles. The Labute approximate surface area is 213 Å². The lowest BCUT2D eigenvalue weighted by Crippen LogP contribution is -2.25. The van der Waals surface area contributed by atoms with Gasteiger partial charge in [0.1, 0.15) is 11.9 Å². The molecule has 0 atom stereocenters. The first kappa shape index (κ1) is 26.7. The van der Waals surface area contributed by atoms with Gasteiger partial charge in [-0.25, -0.2) is 22.4 Å². The normalized spacial score (nSPS) is 17.5. The lowest BCUT2D eigenvalue weighted by atomic mass is 9.82. The van der Waals surface area contributed by atoms with Crippen molar-refractivity contribution in [1.82, 2.24) is 0 Å². The van der Waals surface area contributed by atoms with Gasteiger partial charge in [0.2, 0.25) is 0 Å². The van der Waals surface area contributed by atoms with Gasteiger partial charge in [-0.3, -0.25) is 0 Å². The molecule has 0 radical (unpaired) electrons. The summed E-state index contributed by atoms with van der Waals surface area (Å²) < 4.78 is 74.3. The Hall–Kier alpha value is -3.39. The van der Waals surface area contributed by atoms with Gasteiger partial charge in [0.05, 0.1) is 19.3 Å². The minimum atomic E-state index is -1.27. The third kappa shape index (κ3) is 5.80. The zero-order chi connectivity index (χ0) is 26.5. The maximum atomic E-state index is 15.0. The van der Waals surface area contributed by atoms with Gasteiger partial charge in [0.15, 0.2) is 23.3 Å². The molecule has 0 unspecified atom stereocenters. The van der Waals surface area contributed by atoms with Crippen LogP contribution in [0.5, 0.6) is 5.75 Å². The number of rotatable bonds is 8. The SMILES string of the molecule is CCOCc1ccc(C(=O)OC2CCC(c3ccc(-c4ccc(OC)cc4)c(F)c3F)CC2)c(F)c1F. The second-order valence-electron chi connectivity index (χ2n) is 8.98. The summed E-state index contributed by atoms with van der Waals surface area (Å²) in [5.74, 6) is -4.80. The van der Waals surface area contributed by atoms with Crippen molar-refractivity contribution in [2.45, 2.75) is 51.2 Å². The Bertz CT molecular complexity index is 1250. The molecule has 0 heterocycles. The summed E-state index contributed by atoms with van der Waals surface area (Å²) in [6, 6.07) is 12.3. The Morgan fingerprint density at radius 3 is 2.19 bits per heavy atom. The second-order valence-corrected chi connectivity index (χ2v) is 8.98. The van der Waals surface area contributed by atoms with Gasteiger partial charge in [0, 0.05) is 17.7 Å². The number of ether oxygens (including phenoxy) is 3. The van der Waals surface area contributed by atoms with Crippen molar-refractivity contribution in [2.75, 3.05) is 13.7 Å². The van der Waals surface area contributed by atoms with Crippen LogP contribution in [0.4, 0.5) is 17.6 Å². The Kier molecular flexibility index (Phi) is 8.48. The van der Waals surface area contributed by atoms with E-state index in [0.29, 0.717) is 43.6 Å². The maximum absolute atomic E-state index is 15.0. The molecule has 0 aliphatic heterocycles. The summed E-state index contributed by atoms with van der Waals surface area (Å²) in [6.07, 6.45) is 1.18. The number of esters is 1. The minimum Gasteiger partial charge on any atom is -0.497 e. The van der Waals surface area contributed by atoms with E-state index in [9.17, 15) is 18.0 Å². The molecular weight excluding hydrogens is 488 g/mol. The average Bonchev–Trinajstić information content (AvgIpc) is 2.91. The summed E-state index contributed by atoms with van der Waals surface area (Å²) in [7, 11) is 1.53. The van der Waals surface area contributed by atoms with Crippen LogP contribution in [0.25, 0.3) is 11.1 Å². The zero-order valence-corrected chi connectivity index (χ0v) is 20.7. The third-order valence-corrected chi connectivity index (χ3v) is 6.74. The van der Waals surface area contributed by atoms with Crippen LogP contribution in [0, 0.1) is 23.3 Å². The monoisotopic (exact) mass is 516 g/mol. The number of halogens is 4. The van der Waals surface area contributed by atoms with Crippen molar-refractivity contribution in [3.8, 4) is 16.9 Å². The van der Waals surface area contributed by atoms with Gasteiger partial charge in [-0.1, -0.05) is 30.3 Å². The molecule has 1 saturated carbocycles. The van der Waals surface area contributed by atoms with Gasteiger partial charge in [-0.15, -0.1) is 0 Å². The fraction of sp³-hybridized carbons (Fsp3) is 0.345. The van der Waals surface area contributed by atoms with E-state index in [0.717, 1.165) is 0 Å². The number of carbonyl (C=O) groups is 1. The van der Waals surface area contributed by atoms with E-state index in [1.165, 1.54) is 19.2 Å². The Balaban J connectivity index is 1.39. The lowest BCUT2D eigenvalue weighted by molar-refractivity contribution is 0.0188. The quantitative estimate of drug-likeness (QED) is 0.232. The van der Waals surface area contributed by atoms with Crippen LogP contribution in [0.1, 0.15) is 60.0 Å². The van der Waals surface area contributed by atoms with E-state index >= 15 is 4.39 Å². The van der Waals surface area contributed by atoms with Crippen LogP contribution >= 0.6 is 0 Å². The first-order valence-electron chi connectivity index (χ1n) is 12.2. The van der Waals surface area contributed by atoms with E-state index in [1.807, 2.05) is 0 Å². The Morgan fingerprint density at radius 1 is 0.838 bits per heavy atom. The molecule has 1 fully saturated rings. The Morgan fingerprint density at radius 2 is 1.54 bits per heavy atom. The standard InChI is InChI=1S/C29H28F4O4/c1-3-36-16-19-8-13-24(28(33)25(19)30)29(34)37-21-11-6-18(7-12-21)23-15-14-22(26(31)27(23)32)17-4-9-20(35-2)10-5-17/h4-5,8-10,13-15,18,21H,3,6-7,11-12,16H2,1-2H3. The minimum absolute atomic E-state index is 0.0173. The van der Waals surface area contributed by atoms with Crippen molar-refractivity contribution in [2.24, 2.45) is 0 Å². The molecule has 1 aliphatic rings. The second kappa shape index (κ2) is 11.8. The molecule has 0 amide bonds. The van der Waals surface area contributed by atoms with Gasteiger partial charge in [-0.2, -0.15) is 0 Å². The van der Waals surface area contributed by atoms with Gasteiger partial charge < -0.3 is 14.2 Å². The number of hydrogen-bond donors (Lipinski definition) is 0. The van der Waals surface area contributed by atoms with E-state index in [4.69, 9.17) is 14.2 Å². The highest BCUT2D eigenvalue weighted by molar-refractivity contribution is 5.90. The smallest absolute Gasteiger partial charge is 0.341 e. The highest BCUT2D eigenvalue weighted by atomic mass is 19.2. The van der Waals surface area contributed by atoms with Gasteiger partial charge >= 0.3 is 5.97 Å². The molecule has 4 nitrogen and oxygen atoms in total. The highest BCUT2D eigenvalue weighted by Gasteiger charge is 2.29. The first-order chi connectivity index (χ1) is 17.8. The fourth-order valence-electron chi connectivity index (χ4n) is 4.65. The van der Waals surface area contributed by atoms with Crippen LogP contribution in [0.15, 0.2) is 48.5 Å². The molecule has 0 bridgehead atoms. The lowest BCUT2D eigenvalue weighted by Gasteiger charge is -2.29. The molecular formula is C29H28F4O4. The van der Waals surface area contributed by atoms with E-state index in [2.05, 4.69) is 0 Å².